The van der Waals surface area contributed by atoms with Gasteiger partial charge in [0.15, 0.2) is 0 Å². The van der Waals surface area contributed by atoms with Gasteiger partial charge in [0.2, 0.25) is 0 Å². The lowest BCUT2D eigenvalue weighted by Crippen LogP contribution is -2.19. The summed E-state index contributed by atoms with van der Waals surface area (Å²) in [5, 5.41) is 0. The summed E-state index contributed by atoms with van der Waals surface area (Å²) in [4.78, 5) is 12.8. The fourth-order valence-electron chi connectivity index (χ4n) is 1.62. The number of carbonyl (C=O) groups excluding carboxylic acids is 1. The second-order valence-electron chi connectivity index (χ2n) is 5.04. The van der Waals surface area contributed by atoms with Crippen LogP contribution in [0.2, 0.25) is 0 Å². The van der Waals surface area contributed by atoms with Gasteiger partial charge in [0.1, 0.15) is 6.29 Å². The molecule has 0 atom stereocenters. The van der Waals surface area contributed by atoms with Crippen molar-refractivity contribution in [3.05, 3.63) is 29.3 Å². The third kappa shape index (κ3) is 2.58. The van der Waals surface area contributed by atoms with Crippen LogP contribution in [0, 0.1) is 0 Å². The van der Waals surface area contributed by atoms with Gasteiger partial charge in [0.05, 0.1) is 0 Å². The van der Waals surface area contributed by atoms with Crippen molar-refractivity contribution in [1.82, 2.24) is 0 Å². The standard InChI is InChI=1S/C13H19NO/c1-13(2,3)11-8-10(9-15)6-7-12(11)14(4)5/h6-9H,1-5H3. The second kappa shape index (κ2) is 4.05. The third-order valence-electron chi connectivity index (χ3n) is 2.45. The third-order valence-corrected chi connectivity index (χ3v) is 2.45. The lowest BCUT2D eigenvalue weighted by atomic mass is 9.84. The Morgan fingerprint density at radius 2 is 1.80 bits per heavy atom. The summed E-state index contributed by atoms with van der Waals surface area (Å²) in [6, 6.07) is 5.84. The van der Waals surface area contributed by atoms with Crippen LogP contribution in [0.1, 0.15) is 36.7 Å². The molecule has 0 spiro atoms. The molecule has 0 aliphatic heterocycles. The Hall–Kier alpha value is -1.31. The largest absolute Gasteiger partial charge is 0.377 e. The van der Waals surface area contributed by atoms with E-state index in [0.717, 1.165) is 11.8 Å². The maximum absolute atomic E-state index is 10.8. The molecule has 0 bridgehead atoms. The molecular weight excluding hydrogens is 186 g/mol. The fourth-order valence-corrected chi connectivity index (χ4v) is 1.62. The molecule has 0 saturated carbocycles. The molecule has 0 radical (unpaired) electrons. The molecule has 2 nitrogen and oxygen atoms in total. The highest BCUT2D eigenvalue weighted by Crippen LogP contribution is 2.31. The first kappa shape index (κ1) is 11.8. The highest BCUT2D eigenvalue weighted by Gasteiger charge is 2.19. The van der Waals surface area contributed by atoms with Crippen molar-refractivity contribution in [3.63, 3.8) is 0 Å². The van der Waals surface area contributed by atoms with E-state index in [2.05, 4.69) is 25.7 Å². The van der Waals surface area contributed by atoms with Gasteiger partial charge >= 0.3 is 0 Å². The van der Waals surface area contributed by atoms with Crippen molar-refractivity contribution in [3.8, 4) is 0 Å². The van der Waals surface area contributed by atoms with Crippen LogP contribution in [-0.2, 0) is 5.41 Å². The minimum Gasteiger partial charge on any atom is -0.377 e. The molecule has 0 amide bonds. The van der Waals surface area contributed by atoms with Gasteiger partial charge in [-0.15, -0.1) is 0 Å². The zero-order valence-electron chi connectivity index (χ0n) is 10.2. The van der Waals surface area contributed by atoms with Crippen molar-refractivity contribution < 1.29 is 4.79 Å². The molecule has 0 N–H and O–H groups in total. The minimum absolute atomic E-state index is 0.0542. The Morgan fingerprint density at radius 1 is 1.20 bits per heavy atom. The van der Waals surface area contributed by atoms with Gasteiger partial charge in [-0.05, 0) is 29.2 Å². The number of hydrogen-bond acceptors (Lipinski definition) is 2. The normalized spacial score (nSPS) is 11.3. The molecular formula is C13H19NO. The van der Waals surface area contributed by atoms with Gasteiger partial charge in [-0.2, -0.15) is 0 Å². The molecule has 0 heterocycles. The van der Waals surface area contributed by atoms with Crippen LogP contribution in [0.25, 0.3) is 0 Å². The van der Waals surface area contributed by atoms with Crippen LogP contribution < -0.4 is 4.90 Å². The van der Waals surface area contributed by atoms with E-state index in [1.165, 1.54) is 11.3 Å². The molecule has 1 rings (SSSR count). The highest BCUT2D eigenvalue weighted by atomic mass is 16.1. The van der Waals surface area contributed by atoms with Crippen LogP contribution in [0.4, 0.5) is 5.69 Å². The van der Waals surface area contributed by atoms with Crippen molar-refractivity contribution in [2.45, 2.75) is 26.2 Å². The zero-order chi connectivity index (χ0) is 11.6. The molecule has 0 unspecified atom stereocenters. The van der Waals surface area contributed by atoms with Crippen LogP contribution in [-0.4, -0.2) is 20.4 Å². The van der Waals surface area contributed by atoms with Crippen LogP contribution in [0.5, 0.6) is 0 Å². The lowest BCUT2D eigenvalue weighted by Gasteiger charge is -2.26. The van der Waals surface area contributed by atoms with E-state index in [-0.39, 0.29) is 5.41 Å². The molecule has 2 heteroatoms. The lowest BCUT2D eigenvalue weighted by molar-refractivity contribution is 0.112. The van der Waals surface area contributed by atoms with Gasteiger partial charge in [0, 0.05) is 25.3 Å². The van der Waals surface area contributed by atoms with E-state index >= 15 is 0 Å². The quantitative estimate of drug-likeness (QED) is 0.692. The van der Waals surface area contributed by atoms with E-state index in [9.17, 15) is 4.79 Å². The van der Waals surface area contributed by atoms with Crippen LogP contribution in [0.15, 0.2) is 18.2 Å². The summed E-state index contributed by atoms with van der Waals surface area (Å²) in [5.41, 5.74) is 3.18. The van der Waals surface area contributed by atoms with Gasteiger partial charge in [-0.25, -0.2) is 0 Å². The van der Waals surface area contributed by atoms with Crippen LogP contribution in [0.3, 0.4) is 0 Å². The molecule has 82 valence electrons. The van der Waals surface area contributed by atoms with Crippen LogP contribution >= 0.6 is 0 Å². The van der Waals surface area contributed by atoms with E-state index in [1.54, 1.807) is 0 Å². The molecule has 0 aliphatic rings. The number of carbonyl (C=O) groups is 1. The highest BCUT2D eigenvalue weighted by molar-refractivity contribution is 5.77. The Labute approximate surface area is 91.9 Å². The van der Waals surface area contributed by atoms with Crippen molar-refractivity contribution in [2.75, 3.05) is 19.0 Å². The van der Waals surface area contributed by atoms with Gasteiger partial charge in [-0.1, -0.05) is 20.8 Å². The summed E-state index contributed by atoms with van der Waals surface area (Å²) in [5.74, 6) is 0. The number of benzene rings is 1. The number of anilines is 1. The minimum atomic E-state index is 0.0542. The Balaban J connectivity index is 3.35. The Kier molecular flexibility index (Phi) is 3.18. The first-order valence-electron chi connectivity index (χ1n) is 5.13. The van der Waals surface area contributed by atoms with E-state index in [0.29, 0.717) is 0 Å². The van der Waals surface area contributed by atoms with Crippen molar-refractivity contribution >= 4 is 12.0 Å². The predicted octanol–water partition coefficient (Wildman–Crippen LogP) is 2.86. The van der Waals surface area contributed by atoms with Crippen molar-refractivity contribution in [2.24, 2.45) is 0 Å². The number of hydrogen-bond donors (Lipinski definition) is 0. The van der Waals surface area contributed by atoms with E-state index in [4.69, 9.17) is 0 Å². The summed E-state index contributed by atoms with van der Waals surface area (Å²) in [6.45, 7) is 6.47. The maximum Gasteiger partial charge on any atom is 0.150 e. The van der Waals surface area contributed by atoms with Gasteiger partial charge < -0.3 is 4.90 Å². The zero-order valence-corrected chi connectivity index (χ0v) is 10.2. The second-order valence-corrected chi connectivity index (χ2v) is 5.04. The summed E-state index contributed by atoms with van der Waals surface area (Å²) in [6.07, 6.45) is 0.898. The SMILES string of the molecule is CN(C)c1ccc(C=O)cc1C(C)(C)C. The average molecular weight is 205 g/mol. The molecule has 1 aromatic carbocycles. The first-order chi connectivity index (χ1) is 6.86. The number of rotatable bonds is 2. The molecule has 0 aromatic heterocycles. The summed E-state index contributed by atoms with van der Waals surface area (Å²) in [7, 11) is 4.04. The first-order valence-corrected chi connectivity index (χ1v) is 5.13. The van der Waals surface area contributed by atoms with E-state index in [1.807, 2.05) is 32.3 Å². The Bertz CT molecular complexity index is 361. The molecule has 0 aliphatic carbocycles. The number of nitrogens with zero attached hydrogens (tertiary/aromatic N) is 1. The Morgan fingerprint density at radius 3 is 2.20 bits per heavy atom. The smallest absolute Gasteiger partial charge is 0.150 e. The van der Waals surface area contributed by atoms with Gasteiger partial charge in [-0.3, -0.25) is 4.79 Å². The summed E-state index contributed by atoms with van der Waals surface area (Å²) < 4.78 is 0. The summed E-state index contributed by atoms with van der Waals surface area (Å²) >= 11 is 0. The molecule has 15 heavy (non-hydrogen) atoms. The van der Waals surface area contributed by atoms with Gasteiger partial charge in [0.25, 0.3) is 0 Å². The van der Waals surface area contributed by atoms with Crippen molar-refractivity contribution in [1.29, 1.82) is 0 Å². The topological polar surface area (TPSA) is 20.3 Å². The molecule has 0 saturated heterocycles. The number of aldehydes is 1. The monoisotopic (exact) mass is 205 g/mol. The molecule has 1 aromatic rings. The average Bonchev–Trinajstić information content (AvgIpc) is 2.15. The predicted molar refractivity (Wildman–Crippen MR) is 64.9 cm³/mol. The van der Waals surface area contributed by atoms with E-state index < -0.39 is 0 Å². The molecule has 0 fully saturated rings. The maximum atomic E-state index is 10.8. The fraction of sp³-hybridized carbons (Fsp3) is 0.462.